The average Bonchev–Trinajstić information content (AvgIpc) is 1.61. The van der Waals surface area contributed by atoms with Crippen molar-refractivity contribution in [2.24, 2.45) is 20.0 Å². The van der Waals surface area contributed by atoms with Crippen molar-refractivity contribution in [3.63, 3.8) is 0 Å². The molecule has 132 heavy (non-hydrogen) atoms. The number of rotatable bonds is 22. The third-order valence-corrected chi connectivity index (χ3v) is 28.6. The number of esters is 2. The Morgan fingerprint density at radius 1 is 0.485 bits per heavy atom. The predicted molar refractivity (Wildman–Crippen MR) is 524 cm³/mol. The minimum atomic E-state index is -0.590. The van der Waals surface area contributed by atoms with Gasteiger partial charge in [-0.15, -0.1) is 0 Å². The largest absolute Gasteiger partial charge is 0.492 e. The average molecular weight is 2060 g/mol. The maximum Gasteiger partial charge on any atom is 0.374 e. The molecule has 0 bridgehead atoms. The monoisotopic (exact) mass is 2060 g/mol. The molecule has 0 radical (unpaired) electrons. The number of guanidine groups is 4. The van der Waals surface area contributed by atoms with E-state index in [1.807, 2.05) is 115 Å². The number of carbonyl (C=O) groups excluding carboxylic acids is 6. The molecule has 0 unspecified atom stereocenters. The molecule has 2 fully saturated rings. The van der Waals surface area contributed by atoms with Crippen molar-refractivity contribution in [1.82, 2.24) is 57.8 Å². The lowest BCUT2D eigenvalue weighted by atomic mass is 10.1. The van der Waals surface area contributed by atoms with E-state index in [1.54, 1.807) is 30.2 Å². The van der Waals surface area contributed by atoms with E-state index >= 15 is 0 Å². The topological polar surface area (TPSA) is 301 Å². The molecule has 36 heteroatoms. The zero-order valence-electron chi connectivity index (χ0n) is 74.8. The minimum Gasteiger partial charge on any atom is -0.492 e. The number of amides is 4. The summed E-state index contributed by atoms with van der Waals surface area (Å²) in [4.78, 5) is 132. The Kier molecular flexibility index (Phi) is 26.9. The number of hydrogen-bond donors (Lipinski definition) is 2. The molecule has 11 aliphatic rings. The van der Waals surface area contributed by atoms with E-state index in [0.717, 1.165) is 147 Å². The molecule has 6 aromatic carbocycles. The smallest absolute Gasteiger partial charge is 0.374 e. The molecule has 2 saturated carbocycles. The number of imidazole rings is 4. The van der Waals surface area contributed by atoms with Crippen molar-refractivity contribution in [3.05, 3.63) is 229 Å². The first kappa shape index (κ1) is 91.0. The van der Waals surface area contributed by atoms with Crippen molar-refractivity contribution in [3.8, 4) is 11.5 Å². The van der Waals surface area contributed by atoms with Gasteiger partial charge in [0, 0.05) is 74.2 Å². The summed E-state index contributed by atoms with van der Waals surface area (Å²) in [6.07, 6.45) is 11.9. The van der Waals surface area contributed by atoms with Crippen LogP contribution in [0.2, 0.25) is 5.02 Å². The Balaban J connectivity index is 0.000000118. The van der Waals surface area contributed by atoms with Crippen LogP contribution in [0.3, 0.4) is 0 Å². The summed E-state index contributed by atoms with van der Waals surface area (Å²) in [5.74, 6) is 6.84. The fraction of sp³-hybridized carbons (Fsp3) is 0.396. The van der Waals surface area contributed by atoms with Crippen molar-refractivity contribution in [2.75, 3.05) is 109 Å². The number of carbonyl (C=O) groups is 6. The first-order valence-corrected chi connectivity index (χ1v) is 48.8. The van der Waals surface area contributed by atoms with Crippen LogP contribution in [-0.2, 0) is 55.0 Å². The van der Waals surface area contributed by atoms with Crippen LogP contribution in [0.25, 0.3) is 0 Å². The van der Waals surface area contributed by atoms with Crippen LogP contribution in [-0.4, -0.2) is 221 Å². The van der Waals surface area contributed by atoms with Crippen molar-refractivity contribution >= 4 is 170 Å². The molecule has 2 N–H and O–H groups in total. The summed E-state index contributed by atoms with van der Waals surface area (Å²) in [7, 11) is 1.32. The molecule has 31 nitrogen and oxygen atoms in total. The Morgan fingerprint density at radius 3 is 1.41 bits per heavy atom. The molecule has 9 aliphatic heterocycles. The lowest BCUT2D eigenvalue weighted by Gasteiger charge is -2.33. The fourth-order valence-electron chi connectivity index (χ4n) is 19.1. The minimum absolute atomic E-state index is 0.0115. The molecule has 13 heterocycles. The highest BCUT2D eigenvalue weighted by molar-refractivity contribution is 9.11. The van der Waals surface area contributed by atoms with Gasteiger partial charge in [0.2, 0.25) is 41.6 Å². The van der Waals surface area contributed by atoms with E-state index in [9.17, 15) is 28.8 Å². The molecule has 4 amide bonds. The van der Waals surface area contributed by atoms with Crippen molar-refractivity contribution in [1.29, 1.82) is 0 Å². The number of methoxy groups -OCH3 is 1. The van der Waals surface area contributed by atoms with E-state index in [0.29, 0.717) is 152 Å². The first-order valence-electron chi connectivity index (χ1n) is 45.3. The number of benzene rings is 6. The summed E-state index contributed by atoms with van der Waals surface area (Å²) in [6.45, 7) is 22.0. The molecule has 21 rings (SSSR count). The normalized spacial score (nSPS) is 17.9. The lowest BCUT2D eigenvalue weighted by Crippen LogP contribution is -2.50. The molecule has 2 atom stereocenters. The quantitative estimate of drug-likeness (QED) is 0.0470. The second-order valence-corrected chi connectivity index (χ2v) is 38.0. The summed E-state index contributed by atoms with van der Waals surface area (Å²) >= 11 is 20.7. The SMILES string of the molecule is CCN1C(=O)c2c(nc(Br)n2Cc2ccc(OC(C)=O)c(Br)c2)N2C[C@@H](Cc3ccccc3)N=C12.CCN1C(=O)c2c(nc(C(=O)OC)n2Cc2cc(Br)c3c(c2)CCO3)N2C[C@@H](Cc3ccccc3)N=C12.CCN1C(=O)c2c(nc(NC3CCCC3)n2Cc2ccc(C)c(Br)c2)N2CCN=C12.CCN1C(=O)c2c(nc(NC3CCCC3)n2Cc2ccc(C)c(Cl)c2)N2CCN=C12. The Hall–Kier alpha value is -11.5. The maximum atomic E-state index is 13.8. The van der Waals surface area contributed by atoms with E-state index in [4.69, 9.17) is 50.7 Å². The molecule has 4 aromatic heterocycles. The van der Waals surface area contributed by atoms with Crippen LogP contribution >= 0.6 is 75.3 Å². The van der Waals surface area contributed by atoms with Gasteiger partial charge in [-0.1, -0.05) is 150 Å². The maximum absolute atomic E-state index is 13.8. The molecule has 2 aliphatic carbocycles. The van der Waals surface area contributed by atoms with Gasteiger partial charge in [0.25, 0.3) is 23.6 Å². The van der Waals surface area contributed by atoms with Gasteiger partial charge in [-0.2, -0.15) is 9.97 Å². The number of aryl methyl sites for hydroxylation is 2. The van der Waals surface area contributed by atoms with Crippen LogP contribution < -0.4 is 39.7 Å². The highest BCUT2D eigenvalue weighted by Crippen LogP contribution is 2.43. The number of halogens is 5. The number of aromatic nitrogens is 8. The molecule has 0 saturated heterocycles. The predicted octanol–water partition coefficient (Wildman–Crippen LogP) is 16.2. The van der Waals surface area contributed by atoms with Gasteiger partial charge in [0.1, 0.15) is 11.5 Å². The lowest BCUT2D eigenvalue weighted by molar-refractivity contribution is -0.131. The fourth-order valence-corrected chi connectivity index (χ4v) is 21.3. The van der Waals surface area contributed by atoms with E-state index < -0.39 is 5.97 Å². The Labute approximate surface area is 804 Å². The molecule has 0 spiro atoms. The van der Waals surface area contributed by atoms with Crippen molar-refractivity contribution < 1.29 is 43.0 Å². The van der Waals surface area contributed by atoms with E-state index in [2.05, 4.69) is 170 Å². The van der Waals surface area contributed by atoms with Gasteiger partial charge < -0.3 is 34.0 Å². The van der Waals surface area contributed by atoms with Gasteiger partial charge in [0.15, 0.2) is 50.8 Å². The molecule has 10 aromatic rings. The number of fused-ring (bicyclic) bond motifs is 13. The highest BCUT2D eigenvalue weighted by atomic mass is 79.9. The van der Waals surface area contributed by atoms with Crippen LogP contribution in [0.4, 0.5) is 35.2 Å². The first-order chi connectivity index (χ1) is 64.0. The summed E-state index contributed by atoms with van der Waals surface area (Å²) in [6, 6.07) is 43.2. The zero-order chi connectivity index (χ0) is 92.0. The zero-order valence-corrected chi connectivity index (χ0v) is 81.9. The number of ether oxygens (including phenoxy) is 3. The summed E-state index contributed by atoms with van der Waals surface area (Å²) in [5, 5.41) is 8.02. The number of nitrogens with zero attached hydrogens (tertiary/aromatic N) is 20. The summed E-state index contributed by atoms with van der Waals surface area (Å²) in [5.41, 5.74) is 12.0. The van der Waals surface area contributed by atoms with Gasteiger partial charge in [-0.05, 0) is 208 Å². The Morgan fingerprint density at radius 2 is 0.924 bits per heavy atom. The van der Waals surface area contributed by atoms with Gasteiger partial charge in [0.05, 0.1) is 87.1 Å². The highest BCUT2D eigenvalue weighted by Gasteiger charge is 2.48. The molecule has 686 valence electrons. The number of anilines is 6. The second kappa shape index (κ2) is 39.0. The molecular weight excluding hydrogens is 1960 g/mol. The number of aliphatic imine (C=N–C) groups is 4. The van der Waals surface area contributed by atoms with Gasteiger partial charge in [-0.25, -0.2) is 24.7 Å². The standard InChI is InChI=1S/C27H26BrN5O4.C25H23Br2N5O3.C22H27BrN6O.C22H27ClN6O/c1-3-31-25(34)21-23(33-15-19(29-27(31)33)12-16-7-5-4-6-8-16)30-24(26(35)36-2)32(21)14-17-11-18-9-10-37-22(18)20(28)13-17;1-3-30-23(34)21-22(32-14-18(28-25(30)32)11-16-7-5-4-6-8-16)29-24(27)31(21)13-17-9-10-20(19(26)12-17)35-15(2)33;2*1-3-27-20(30)18-19(28-11-10-24-22(27)28)26-21(25-16-6-4-5-7-16)29(18)13-15-9-8-14(2)17(23)12-15/h4-8,11,13,19H,3,9-10,12,14-15H2,1-2H3;4-10,12,18H,3,11,13-14H2,1-2H3;2*8-9,12,16H,3-7,10-11,13H2,1-2H3,(H,25,26)/t19-;18-;;/m11../s1. The van der Waals surface area contributed by atoms with E-state index in [-0.39, 0.29) is 54.1 Å². The number of hydrogen-bond acceptors (Lipinski definition) is 23. The Bertz CT molecular complexity index is 6150. The van der Waals surface area contributed by atoms with Gasteiger partial charge in [-0.3, -0.25) is 82.3 Å². The van der Waals surface area contributed by atoms with Crippen molar-refractivity contribution in [2.45, 2.75) is 169 Å². The number of nitrogens with one attached hydrogen (secondary N) is 2. The third-order valence-electron chi connectivity index (χ3n) is 25.6. The third kappa shape index (κ3) is 18.0. The van der Waals surface area contributed by atoms with Gasteiger partial charge >= 0.3 is 11.9 Å². The second-order valence-electron chi connectivity index (χ2n) is 34.3. The van der Waals surface area contributed by atoms with E-state index in [1.165, 1.54) is 56.4 Å². The van der Waals surface area contributed by atoms with Crippen LogP contribution in [0.15, 0.2) is 166 Å². The van der Waals surface area contributed by atoms with Crippen LogP contribution in [0.5, 0.6) is 11.5 Å². The van der Waals surface area contributed by atoms with Crippen LogP contribution in [0, 0.1) is 13.8 Å². The molecular formula is C96H103Br4ClN22O9. The van der Waals surface area contributed by atoms with Crippen LogP contribution in [0.1, 0.15) is 189 Å². The summed E-state index contributed by atoms with van der Waals surface area (Å²) < 4.78 is 26.8.